The highest BCUT2D eigenvalue weighted by atomic mass is 31.2. The van der Waals surface area contributed by atoms with Crippen molar-refractivity contribution in [3.05, 3.63) is 95.0 Å². The van der Waals surface area contributed by atoms with Crippen molar-refractivity contribution in [1.29, 1.82) is 0 Å². The van der Waals surface area contributed by atoms with Crippen LogP contribution in [0.3, 0.4) is 0 Å². The van der Waals surface area contributed by atoms with Crippen molar-refractivity contribution >= 4 is 25.2 Å². The number of ether oxygens (including phenoxy) is 2. The van der Waals surface area contributed by atoms with Gasteiger partial charge in [-0.3, -0.25) is 19.4 Å². The van der Waals surface area contributed by atoms with Gasteiger partial charge >= 0.3 is 19.6 Å². The molecule has 0 bridgehead atoms. The smallest absolute Gasteiger partial charge is 0.454 e. The molecule has 2 heterocycles. The zero-order valence-electron chi connectivity index (χ0n) is 24.4. The Hall–Kier alpha value is -4.21. The van der Waals surface area contributed by atoms with Crippen LogP contribution < -0.4 is 15.3 Å². The van der Waals surface area contributed by atoms with Crippen molar-refractivity contribution in [2.75, 3.05) is 6.61 Å². The van der Waals surface area contributed by atoms with Crippen molar-refractivity contribution in [3.8, 4) is 5.75 Å². The molecule has 4 N–H and O–H groups in total. The number of para-hydroxylation sites is 1. The number of non-ortho nitro benzene ring substituents is 1. The van der Waals surface area contributed by atoms with Gasteiger partial charge in [-0.2, -0.15) is 13.9 Å². The number of nitrogens with one attached hydrogen (secondary N) is 1. The van der Waals surface area contributed by atoms with Crippen molar-refractivity contribution in [3.63, 3.8) is 0 Å². The van der Waals surface area contributed by atoms with E-state index >= 15 is 8.78 Å². The topological polar surface area (TPSA) is 188 Å². The summed E-state index contributed by atoms with van der Waals surface area (Å²) in [4.78, 5) is 28.2. The summed E-state index contributed by atoms with van der Waals surface area (Å²) >= 11 is 0. The van der Waals surface area contributed by atoms with E-state index < -0.39 is 61.2 Å². The molecule has 4 rings (SSSR count). The standard InChI is InChI=1S/C28H32F2N5O9P/c1-17(25(37)43-27(3,4)19-10-12-20(13-11-19)35(38)39)33-45(40,44-21-8-6-5-7-9-21)41-16-22-24(36)28(29,30)26(42-22)34-15-14-23(31)32-18(34)2/h5-15,17,22,24,26,36H,2,16H2,1,3-4H3,(H2,31,32)(H,33,40)/t17-,22+,24?,26+,45?/m0/s1. The fourth-order valence-corrected chi connectivity index (χ4v) is 5.86. The first-order valence-electron chi connectivity index (χ1n) is 13.5. The van der Waals surface area contributed by atoms with Gasteiger partial charge in [0.15, 0.2) is 6.10 Å². The predicted octanol–water partition coefficient (Wildman–Crippen LogP) is 3.93. The molecule has 0 saturated carbocycles. The molecule has 0 radical (unpaired) electrons. The summed E-state index contributed by atoms with van der Waals surface area (Å²) in [5.74, 6) is -4.82. The lowest BCUT2D eigenvalue weighted by atomic mass is 9.97. The predicted molar refractivity (Wildman–Crippen MR) is 157 cm³/mol. The van der Waals surface area contributed by atoms with Crippen molar-refractivity contribution in [2.45, 2.75) is 56.8 Å². The van der Waals surface area contributed by atoms with E-state index in [-0.39, 0.29) is 23.1 Å². The number of esters is 1. The zero-order chi connectivity index (χ0) is 33.2. The Morgan fingerprint density at radius 1 is 1.29 bits per heavy atom. The largest absolute Gasteiger partial charge is 0.459 e. The summed E-state index contributed by atoms with van der Waals surface area (Å²) < 4.78 is 66.2. The average molecular weight is 652 g/mol. The lowest BCUT2D eigenvalue weighted by molar-refractivity contribution is -0.384. The van der Waals surface area contributed by atoms with Crippen molar-refractivity contribution in [1.82, 2.24) is 9.99 Å². The molecule has 2 aliphatic rings. The molecule has 2 aromatic carbocycles. The van der Waals surface area contributed by atoms with Gasteiger partial charge in [0.05, 0.1) is 11.5 Å². The van der Waals surface area contributed by atoms with Gasteiger partial charge in [-0.05, 0) is 56.7 Å². The third-order valence-electron chi connectivity index (χ3n) is 6.81. The Balaban J connectivity index is 1.48. The lowest BCUT2D eigenvalue weighted by Crippen LogP contribution is -2.47. The molecule has 242 valence electrons. The van der Waals surface area contributed by atoms with Gasteiger partial charge in [-0.25, -0.2) is 9.56 Å². The number of aliphatic hydroxyl groups excluding tert-OH is 1. The number of hydrogen-bond donors (Lipinski definition) is 3. The van der Waals surface area contributed by atoms with Gasteiger partial charge in [0.1, 0.15) is 35.2 Å². The maximum Gasteiger partial charge on any atom is 0.459 e. The number of amidine groups is 1. The van der Waals surface area contributed by atoms with E-state index in [0.717, 1.165) is 4.90 Å². The van der Waals surface area contributed by atoms with E-state index in [1.54, 1.807) is 32.0 Å². The Morgan fingerprint density at radius 2 is 1.93 bits per heavy atom. The van der Waals surface area contributed by atoms with Gasteiger partial charge in [0.2, 0.25) is 6.23 Å². The second-order valence-electron chi connectivity index (χ2n) is 10.6. The lowest BCUT2D eigenvalue weighted by Gasteiger charge is -2.31. The number of aliphatic imine (C=N–C) groups is 1. The molecule has 2 aliphatic heterocycles. The molecule has 0 spiro atoms. The molecule has 0 aliphatic carbocycles. The van der Waals surface area contributed by atoms with E-state index in [1.807, 2.05) is 0 Å². The normalized spacial score (nSPS) is 23.2. The first-order chi connectivity index (χ1) is 21.0. The van der Waals surface area contributed by atoms with Gasteiger partial charge < -0.3 is 29.7 Å². The highest BCUT2D eigenvalue weighted by Crippen LogP contribution is 2.47. The molecule has 1 saturated heterocycles. The minimum atomic E-state index is -4.54. The summed E-state index contributed by atoms with van der Waals surface area (Å²) in [5.41, 5.74) is 4.60. The second-order valence-corrected chi connectivity index (χ2v) is 12.3. The van der Waals surface area contributed by atoms with Crippen LogP contribution in [0.5, 0.6) is 5.75 Å². The SMILES string of the molecule is C=C1N=C(N)C=CN1[C@@H]1O[C@H](COP(=O)(N[C@@H](C)C(=O)OC(C)(C)c2ccc([N+](=O)[O-])cc2)Oc2ccccc2)C(O)C1(F)F. The average Bonchev–Trinajstić information content (AvgIpc) is 3.20. The van der Waals surface area contributed by atoms with Crippen LogP contribution in [0.1, 0.15) is 26.3 Å². The van der Waals surface area contributed by atoms with Crippen LogP contribution in [0, 0.1) is 10.1 Å². The molecule has 1 fully saturated rings. The van der Waals surface area contributed by atoms with Crippen LogP contribution >= 0.6 is 7.75 Å². The van der Waals surface area contributed by atoms with Crippen molar-refractivity contribution in [2.24, 2.45) is 10.7 Å². The Kier molecular flexibility index (Phi) is 9.75. The van der Waals surface area contributed by atoms with Gasteiger partial charge in [0, 0.05) is 18.3 Å². The number of nitrogens with zero attached hydrogens (tertiary/aromatic N) is 3. The fourth-order valence-electron chi connectivity index (χ4n) is 4.36. The first-order valence-corrected chi connectivity index (χ1v) is 15.0. The number of nitrogens with two attached hydrogens (primary N) is 1. The number of alkyl halides is 2. The minimum absolute atomic E-state index is 0.0341. The number of nitro benzene ring substituents is 1. The van der Waals surface area contributed by atoms with Crippen LogP contribution in [-0.4, -0.2) is 63.7 Å². The van der Waals surface area contributed by atoms with Gasteiger partial charge in [-0.15, -0.1) is 0 Å². The van der Waals surface area contributed by atoms with E-state index in [1.165, 1.54) is 55.6 Å². The third-order valence-corrected chi connectivity index (χ3v) is 8.45. The number of aliphatic hydroxyl groups is 1. The zero-order valence-corrected chi connectivity index (χ0v) is 25.3. The van der Waals surface area contributed by atoms with Crippen molar-refractivity contribution < 1.29 is 46.7 Å². The molecule has 14 nitrogen and oxygen atoms in total. The molecular weight excluding hydrogens is 619 g/mol. The number of carbonyl (C=O) groups excluding carboxylic acids is 1. The number of nitro groups is 1. The number of benzene rings is 2. The van der Waals surface area contributed by atoms with E-state index in [9.17, 15) is 24.6 Å². The summed E-state index contributed by atoms with van der Waals surface area (Å²) in [6, 6.07) is 11.8. The van der Waals surface area contributed by atoms with E-state index in [0.29, 0.717) is 5.56 Å². The summed E-state index contributed by atoms with van der Waals surface area (Å²) in [5, 5.41) is 23.9. The molecule has 45 heavy (non-hydrogen) atoms. The minimum Gasteiger partial charge on any atom is -0.454 e. The van der Waals surface area contributed by atoms with E-state index in [2.05, 4.69) is 16.7 Å². The summed E-state index contributed by atoms with van der Waals surface area (Å²) in [6.45, 7) is 7.14. The quantitative estimate of drug-likeness (QED) is 0.130. The summed E-state index contributed by atoms with van der Waals surface area (Å²) in [6.07, 6.45) is -3.72. The molecule has 5 atom stereocenters. The number of hydrogen-bond acceptors (Lipinski definition) is 12. The van der Waals surface area contributed by atoms with Gasteiger partial charge in [0.25, 0.3) is 5.69 Å². The maximum atomic E-state index is 15.1. The number of rotatable bonds is 12. The monoisotopic (exact) mass is 651 g/mol. The highest BCUT2D eigenvalue weighted by molar-refractivity contribution is 7.52. The van der Waals surface area contributed by atoms with Crippen LogP contribution in [0.15, 0.2) is 84.3 Å². The van der Waals surface area contributed by atoms with Crippen LogP contribution in [-0.2, 0) is 29.0 Å². The molecule has 17 heteroatoms. The summed E-state index contributed by atoms with van der Waals surface area (Å²) in [7, 11) is -4.54. The maximum absolute atomic E-state index is 15.1. The first kappa shape index (κ1) is 33.7. The molecule has 2 aromatic rings. The van der Waals surface area contributed by atoms with Crippen LogP contribution in [0.25, 0.3) is 0 Å². The van der Waals surface area contributed by atoms with Crippen LogP contribution in [0.4, 0.5) is 14.5 Å². The van der Waals surface area contributed by atoms with Crippen LogP contribution in [0.2, 0.25) is 0 Å². The fraction of sp³-hybridized carbons (Fsp3) is 0.357. The Labute approximate surface area is 256 Å². The van der Waals surface area contributed by atoms with Gasteiger partial charge in [-0.1, -0.05) is 24.8 Å². The number of carbonyl (C=O) groups is 1. The second kappa shape index (κ2) is 13.0. The Bertz CT molecular complexity index is 1540. The highest BCUT2D eigenvalue weighted by Gasteiger charge is 2.61. The number of halogens is 2. The molecular formula is C28H32F2N5O9P. The third kappa shape index (κ3) is 7.72. The Morgan fingerprint density at radius 3 is 2.53 bits per heavy atom. The molecule has 0 amide bonds. The molecule has 0 aromatic heterocycles. The molecule has 2 unspecified atom stereocenters. The van der Waals surface area contributed by atoms with E-state index in [4.69, 9.17) is 24.3 Å².